The Morgan fingerprint density at radius 3 is 2.76 bits per heavy atom. The third kappa shape index (κ3) is 3.77. The second-order valence-electron chi connectivity index (χ2n) is 6.60. The zero-order chi connectivity index (χ0) is 20.4. The summed E-state index contributed by atoms with van der Waals surface area (Å²) in [4.78, 5) is 29.4. The first-order valence-electron chi connectivity index (χ1n) is 8.98. The van der Waals surface area contributed by atoms with Gasteiger partial charge in [0.15, 0.2) is 0 Å². The van der Waals surface area contributed by atoms with E-state index in [1.165, 1.54) is 29.1 Å². The highest BCUT2D eigenvalue weighted by Crippen LogP contribution is 2.24. The van der Waals surface area contributed by atoms with Crippen molar-refractivity contribution >= 4 is 17.0 Å². The highest BCUT2D eigenvalue weighted by Gasteiger charge is 2.19. The minimum atomic E-state index is -0.488. The summed E-state index contributed by atoms with van der Waals surface area (Å²) in [5.74, 6) is -0.800. The molecule has 4 aromatic rings. The van der Waals surface area contributed by atoms with Crippen LogP contribution < -0.4 is 10.9 Å². The van der Waals surface area contributed by atoms with Crippen LogP contribution in [0.15, 0.2) is 70.2 Å². The number of halogens is 1. The van der Waals surface area contributed by atoms with Crippen LogP contribution in [0.1, 0.15) is 18.5 Å². The summed E-state index contributed by atoms with van der Waals surface area (Å²) in [6, 6.07) is 15.0. The molecule has 0 aliphatic rings. The van der Waals surface area contributed by atoms with Crippen LogP contribution in [-0.2, 0) is 11.3 Å². The van der Waals surface area contributed by atoms with Crippen molar-refractivity contribution in [3.63, 3.8) is 0 Å². The molecule has 0 aliphatic carbocycles. The number of nitrogens with one attached hydrogen (secondary N) is 1. The first-order chi connectivity index (χ1) is 14.0. The molecule has 7 nitrogen and oxygen atoms in total. The van der Waals surface area contributed by atoms with Crippen LogP contribution in [0.3, 0.4) is 0 Å². The van der Waals surface area contributed by atoms with Crippen molar-refractivity contribution < 1.29 is 13.7 Å². The molecule has 0 bridgehead atoms. The Kier molecular flexibility index (Phi) is 4.90. The molecule has 2 heterocycles. The van der Waals surface area contributed by atoms with Gasteiger partial charge in [0.05, 0.1) is 6.04 Å². The quantitative estimate of drug-likeness (QED) is 0.564. The van der Waals surface area contributed by atoms with Gasteiger partial charge < -0.3 is 9.84 Å². The van der Waals surface area contributed by atoms with Crippen molar-refractivity contribution in [3.05, 3.63) is 82.7 Å². The van der Waals surface area contributed by atoms with Gasteiger partial charge in [-0.15, -0.1) is 0 Å². The standard InChI is InChI=1S/C21H17FN4O3/c1-13(14-6-3-2-4-7-14)24-17(27)11-26-12-23-20-18(21(26)28)19(25-29-20)15-8-5-9-16(22)10-15/h2-10,12-13H,11H2,1H3,(H,24,27). The average Bonchev–Trinajstić information content (AvgIpc) is 3.16. The Hall–Kier alpha value is -3.81. The fourth-order valence-corrected chi connectivity index (χ4v) is 3.09. The summed E-state index contributed by atoms with van der Waals surface area (Å²) in [5, 5.41) is 6.81. The van der Waals surface area contributed by atoms with E-state index in [2.05, 4.69) is 15.5 Å². The summed E-state index contributed by atoms with van der Waals surface area (Å²) in [7, 11) is 0. The first-order valence-corrected chi connectivity index (χ1v) is 8.98. The molecule has 1 amide bonds. The maximum atomic E-state index is 13.6. The van der Waals surface area contributed by atoms with Crippen molar-refractivity contribution in [3.8, 4) is 11.3 Å². The first kappa shape index (κ1) is 18.5. The van der Waals surface area contributed by atoms with Crippen molar-refractivity contribution in [1.82, 2.24) is 20.0 Å². The zero-order valence-corrected chi connectivity index (χ0v) is 15.5. The summed E-state index contributed by atoms with van der Waals surface area (Å²) in [6.07, 6.45) is 1.23. The zero-order valence-electron chi connectivity index (χ0n) is 15.5. The van der Waals surface area contributed by atoms with Crippen molar-refractivity contribution in [2.75, 3.05) is 0 Å². The van der Waals surface area contributed by atoms with Crippen LogP contribution in [0, 0.1) is 5.82 Å². The fourth-order valence-electron chi connectivity index (χ4n) is 3.09. The largest absolute Gasteiger partial charge is 0.348 e. The second-order valence-corrected chi connectivity index (χ2v) is 6.60. The van der Waals surface area contributed by atoms with Gasteiger partial charge in [-0.25, -0.2) is 9.37 Å². The molecular formula is C21H17FN4O3. The summed E-state index contributed by atoms with van der Waals surface area (Å²) >= 11 is 0. The topological polar surface area (TPSA) is 90.0 Å². The van der Waals surface area contributed by atoms with E-state index in [-0.39, 0.29) is 35.3 Å². The van der Waals surface area contributed by atoms with Gasteiger partial charge >= 0.3 is 0 Å². The highest BCUT2D eigenvalue weighted by molar-refractivity contribution is 5.88. The lowest BCUT2D eigenvalue weighted by molar-refractivity contribution is -0.122. The number of carbonyl (C=O) groups excluding carboxylic acids is 1. The minimum absolute atomic E-state index is 0.0311. The predicted octanol–water partition coefficient (Wildman–Crippen LogP) is 3.07. The lowest BCUT2D eigenvalue weighted by Crippen LogP contribution is -2.33. The Balaban J connectivity index is 1.61. The van der Waals surface area contributed by atoms with Gasteiger partial charge in [0, 0.05) is 5.56 Å². The molecular weight excluding hydrogens is 375 g/mol. The molecule has 1 atom stereocenters. The molecule has 0 saturated heterocycles. The number of hydrogen-bond donors (Lipinski definition) is 1. The van der Waals surface area contributed by atoms with E-state index >= 15 is 0 Å². The smallest absolute Gasteiger partial charge is 0.267 e. The van der Waals surface area contributed by atoms with Crippen LogP contribution in [0.4, 0.5) is 4.39 Å². The van der Waals surface area contributed by atoms with Gasteiger partial charge in [-0.2, -0.15) is 0 Å². The molecule has 0 fully saturated rings. The summed E-state index contributed by atoms with van der Waals surface area (Å²) in [5.41, 5.74) is 1.07. The van der Waals surface area contributed by atoms with Gasteiger partial charge in [-0.3, -0.25) is 14.2 Å². The maximum Gasteiger partial charge on any atom is 0.267 e. The van der Waals surface area contributed by atoms with Crippen LogP contribution in [-0.4, -0.2) is 20.6 Å². The molecule has 0 radical (unpaired) electrons. The molecule has 0 spiro atoms. The number of benzene rings is 2. The molecule has 146 valence electrons. The fraction of sp³-hybridized carbons (Fsp3) is 0.143. The van der Waals surface area contributed by atoms with Gasteiger partial charge in [0.25, 0.3) is 11.3 Å². The van der Waals surface area contributed by atoms with Crippen LogP contribution in [0.25, 0.3) is 22.4 Å². The van der Waals surface area contributed by atoms with E-state index in [0.717, 1.165) is 5.56 Å². The van der Waals surface area contributed by atoms with Gasteiger partial charge in [-0.1, -0.05) is 47.6 Å². The summed E-state index contributed by atoms with van der Waals surface area (Å²) < 4.78 is 19.8. The molecule has 8 heteroatoms. The number of rotatable bonds is 5. The molecule has 2 aromatic carbocycles. The third-order valence-corrected chi connectivity index (χ3v) is 4.55. The lowest BCUT2D eigenvalue weighted by atomic mass is 10.1. The molecule has 1 N–H and O–H groups in total. The van der Waals surface area contributed by atoms with E-state index in [4.69, 9.17) is 4.52 Å². The number of hydrogen-bond acceptors (Lipinski definition) is 5. The van der Waals surface area contributed by atoms with E-state index in [1.807, 2.05) is 37.3 Å². The average molecular weight is 392 g/mol. The molecule has 2 aromatic heterocycles. The van der Waals surface area contributed by atoms with Gasteiger partial charge in [-0.05, 0) is 24.6 Å². The van der Waals surface area contributed by atoms with Crippen molar-refractivity contribution in [2.45, 2.75) is 19.5 Å². The molecule has 0 aliphatic heterocycles. The monoisotopic (exact) mass is 392 g/mol. The Labute approximate surface area is 164 Å². The van der Waals surface area contributed by atoms with Crippen LogP contribution in [0.2, 0.25) is 0 Å². The van der Waals surface area contributed by atoms with Gasteiger partial charge in [0.2, 0.25) is 5.91 Å². The maximum absolute atomic E-state index is 13.6. The number of fused-ring (bicyclic) bond motifs is 1. The van der Waals surface area contributed by atoms with E-state index in [9.17, 15) is 14.0 Å². The number of aromatic nitrogens is 3. The molecule has 29 heavy (non-hydrogen) atoms. The normalized spacial score (nSPS) is 12.1. The van der Waals surface area contributed by atoms with Crippen LogP contribution in [0.5, 0.6) is 0 Å². The van der Waals surface area contributed by atoms with Crippen LogP contribution >= 0.6 is 0 Å². The Morgan fingerprint density at radius 1 is 1.21 bits per heavy atom. The number of amides is 1. The van der Waals surface area contributed by atoms with E-state index in [1.54, 1.807) is 6.07 Å². The van der Waals surface area contributed by atoms with Crippen molar-refractivity contribution in [2.24, 2.45) is 0 Å². The second kappa shape index (κ2) is 7.67. The Morgan fingerprint density at radius 2 is 2.00 bits per heavy atom. The predicted molar refractivity (Wildman–Crippen MR) is 104 cm³/mol. The third-order valence-electron chi connectivity index (χ3n) is 4.55. The minimum Gasteiger partial charge on any atom is -0.348 e. The van der Waals surface area contributed by atoms with Gasteiger partial charge in [0.1, 0.15) is 29.8 Å². The SMILES string of the molecule is CC(NC(=O)Cn1cnc2onc(-c3cccc(F)c3)c2c1=O)c1ccccc1. The molecule has 1 unspecified atom stereocenters. The number of carbonyl (C=O) groups is 1. The number of nitrogens with zero attached hydrogens (tertiary/aromatic N) is 3. The van der Waals surface area contributed by atoms with E-state index < -0.39 is 11.4 Å². The molecule has 0 saturated carbocycles. The summed E-state index contributed by atoms with van der Waals surface area (Å²) in [6.45, 7) is 1.65. The van der Waals surface area contributed by atoms with E-state index in [0.29, 0.717) is 5.56 Å². The Bertz CT molecular complexity index is 1230. The molecule has 4 rings (SSSR count). The highest BCUT2D eigenvalue weighted by atomic mass is 19.1. The van der Waals surface area contributed by atoms with Crippen molar-refractivity contribution in [1.29, 1.82) is 0 Å². The lowest BCUT2D eigenvalue weighted by Gasteiger charge is -2.14.